The van der Waals surface area contributed by atoms with Crippen LogP contribution in [0.15, 0.2) is 30.6 Å². The standard InChI is InChI=1S/C32H38F3N7O/c1-19-14-31(15-19,29-40-37-18-41(29)3)21-12-26(38-22-6-4-7-22)39-27(13-21)42-17-24-23(28(42)43)10-20(11-25(24)32(33,34)35)16-36-30(2)8-5-9-30/h10-13,18-19,22,36H,4-9,14-17H2,1-3H3,(H,38,39)/t19-,31+. The summed E-state index contributed by atoms with van der Waals surface area (Å²) in [5, 5.41) is 15.5. The third-order valence-electron chi connectivity index (χ3n) is 10.2. The van der Waals surface area contributed by atoms with E-state index in [-0.39, 0.29) is 35.8 Å². The van der Waals surface area contributed by atoms with E-state index in [1.165, 1.54) is 11.0 Å². The molecule has 1 aliphatic heterocycles. The number of aromatic nitrogens is 4. The van der Waals surface area contributed by atoms with Crippen molar-refractivity contribution in [2.75, 3.05) is 10.2 Å². The van der Waals surface area contributed by atoms with Gasteiger partial charge in [-0.05, 0) is 105 Å². The van der Waals surface area contributed by atoms with Crippen LogP contribution < -0.4 is 15.5 Å². The SMILES string of the molecule is Cn1cnnc1[C@]1(c2cc(NC3CCC3)nc(N3Cc4c(cc(CNC5(C)CCC5)cc4C(F)(F)F)C3=O)c2)C[C@H](C)C1. The Balaban J connectivity index is 1.28. The molecule has 11 heteroatoms. The summed E-state index contributed by atoms with van der Waals surface area (Å²) in [7, 11) is 1.92. The minimum absolute atomic E-state index is 0.0112. The molecular weight excluding hydrogens is 555 g/mol. The van der Waals surface area contributed by atoms with Crippen molar-refractivity contribution in [2.45, 2.75) is 101 Å². The lowest BCUT2D eigenvalue weighted by molar-refractivity contribution is -0.138. The molecule has 1 amide bonds. The van der Waals surface area contributed by atoms with Crippen LogP contribution in [-0.4, -0.2) is 37.2 Å². The molecule has 2 N–H and O–H groups in total. The number of nitrogens with zero attached hydrogens (tertiary/aromatic N) is 5. The number of amides is 1. The zero-order chi connectivity index (χ0) is 30.1. The first-order valence-corrected chi connectivity index (χ1v) is 15.4. The molecule has 2 aromatic heterocycles. The highest BCUT2D eigenvalue weighted by molar-refractivity contribution is 6.10. The van der Waals surface area contributed by atoms with Gasteiger partial charge in [0.15, 0.2) is 0 Å². The predicted octanol–water partition coefficient (Wildman–Crippen LogP) is 6.10. The fourth-order valence-corrected chi connectivity index (χ4v) is 7.37. The van der Waals surface area contributed by atoms with Crippen LogP contribution in [0.4, 0.5) is 24.8 Å². The maximum Gasteiger partial charge on any atom is 0.416 e. The minimum Gasteiger partial charge on any atom is -0.367 e. The highest BCUT2D eigenvalue weighted by Crippen LogP contribution is 2.52. The van der Waals surface area contributed by atoms with Gasteiger partial charge in [0.25, 0.3) is 5.91 Å². The fraction of sp³-hybridized carbons (Fsp3) is 0.562. The van der Waals surface area contributed by atoms with E-state index in [2.05, 4.69) is 34.7 Å². The van der Waals surface area contributed by atoms with Crippen molar-refractivity contribution in [3.8, 4) is 0 Å². The molecule has 0 spiro atoms. The molecule has 3 aliphatic carbocycles. The molecule has 3 aromatic rings. The van der Waals surface area contributed by atoms with Gasteiger partial charge in [0.1, 0.15) is 23.8 Å². The number of anilines is 2. The van der Waals surface area contributed by atoms with Crippen LogP contribution in [0.25, 0.3) is 0 Å². The van der Waals surface area contributed by atoms with Gasteiger partial charge in [0, 0.05) is 30.7 Å². The van der Waals surface area contributed by atoms with Crippen LogP contribution in [0.5, 0.6) is 0 Å². The molecule has 4 aliphatic rings. The van der Waals surface area contributed by atoms with Gasteiger partial charge < -0.3 is 15.2 Å². The lowest BCUT2D eigenvalue weighted by Crippen LogP contribution is -2.47. The predicted molar refractivity (Wildman–Crippen MR) is 157 cm³/mol. The topological polar surface area (TPSA) is 88.0 Å². The number of halogens is 3. The number of pyridine rings is 1. The van der Waals surface area contributed by atoms with Gasteiger partial charge in [0.2, 0.25) is 0 Å². The summed E-state index contributed by atoms with van der Waals surface area (Å²) in [6, 6.07) is 7.04. The number of nitrogens with one attached hydrogen (secondary N) is 2. The Hall–Kier alpha value is -3.47. The second-order valence-electron chi connectivity index (χ2n) is 13.6. The van der Waals surface area contributed by atoms with Crippen molar-refractivity contribution in [1.29, 1.82) is 0 Å². The van der Waals surface area contributed by atoms with Gasteiger partial charge in [-0.2, -0.15) is 13.2 Å². The normalized spacial score (nSPS) is 24.7. The zero-order valence-electron chi connectivity index (χ0n) is 24.9. The second kappa shape index (κ2) is 10.0. The van der Waals surface area contributed by atoms with Crippen LogP contribution in [0.3, 0.4) is 0 Å². The summed E-state index contributed by atoms with van der Waals surface area (Å²) in [5.74, 6) is 1.85. The van der Waals surface area contributed by atoms with Crippen molar-refractivity contribution in [2.24, 2.45) is 13.0 Å². The third-order valence-corrected chi connectivity index (χ3v) is 10.2. The molecule has 228 valence electrons. The number of carbonyl (C=O) groups excluding carboxylic acids is 1. The molecule has 43 heavy (non-hydrogen) atoms. The van der Waals surface area contributed by atoms with Crippen molar-refractivity contribution in [1.82, 2.24) is 25.1 Å². The average Bonchev–Trinajstić information content (AvgIpc) is 3.48. The maximum absolute atomic E-state index is 14.4. The monoisotopic (exact) mass is 593 g/mol. The largest absolute Gasteiger partial charge is 0.416 e. The average molecular weight is 594 g/mol. The number of fused-ring (bicyclic) bond motifs is 1. The Morgan fingerprint density at radius 1 is 1.09 bits per heavy atom. The number of aryl methyl sites for hydroxylation is 1. The fourth-order valence-electron chi connectivity index (χ4n) is 7.37. The van der Waals surface area contributed by atoms with E-state index < -0.39 is 23.1 Å². The maximum atomic E-state index is 14.4. The number of carbonyl (C=O) groups is 1. The van der Waals surface area contributed by atoms with E-state index in [0.717, 1.165) is 62.8 Å². The Morgan fingerprint density at radius 2 is 1.86 bits per heavy atom. The van der Waals surface area contributed by atoms with Crippen molar-refractivity contribution < 1.29 is 18.0 Å². The van der Waals surface area contributed by atoms with E-state index in [0.29, 0.717) is 23.1 Å². The Kier molecular flexibility index (Phi) is 6.61. The highest BCUT2D eigenvalue weighted by atomic mass is 19.4. The summed E-state index contributed by atoms with van der Waals surface area (Å²) < 4.78 is 45.1. The molecule has 0 atom stereocenters. The molecule has 0 unspecified atom stereocenters. The van der Waals surface area contributed by atoms with E-state index in [1.54, 1.807) is 12.4 Å². The van der Waals surface area contributed by atoms with Gasteiger partial charge in [-0.15, -0.1) is 10.2 Å². The Labute approximate surface area is 249 Å². The molecule has 0 saturated heterocycles. The summed E-state index contributed by atoms with van der Waals surface area (Å²) in [6.07, 6.45) is 5.11. The lowest BCUT2D eigenvalue weighted by atomic mass is 9.58. The Morgan fingerprint density at radius 3 is 2.44 bits per heavy atom. The van der Waals surface area contributed by atoms with Crippen LogP contribution in [0.1, 0.15) is 104 Å². The van der Waals surface area contributed by atoms with E-state index >= 15 is 0 Å². The lowest BCUT2D eigenvalue weighted by Gasteiger charge is -2.46. The smallest absolute Gasteiger partial charge is 0.367 e. The van der Waals surface area contributed by atoms with Crippen LogP contribution in [-0.2, 0) is 31.7 Å². The molecule has 1 aromatic carbocycles. The number of alkyl halides is 3. The van der Waals surface area contributed by atoms with Gasteiger partial charge in [-0.3, -0.25) is 9.69 Å². The zero-order valence-corrected chi connectivity index (χ0v) is 24.9. The molecular formula is C32H38F3N7O. The molecule has 8 nitrogen and oxygen atoms in total. The van der Waals surface area contributed by atoms with Gasteiger partial charge in [0.05, 0.1) is 17.5 Å². The quantitative estimate of drug-likeness (QED) is 0.328. The van der Waals surface area contributed by atoms with Gasteiger partial charge in [-0.25, -0.2) is 4.98 Å². The minimum atomic E-state index is -4.58. The van der Waals surface area contributed by atoms with E-state index in [9.17, 15) is 18.0 Å². The summed E-state index contributed by atoms with van der Waals surface area (Å²) in [4.78, 5) is 20.2. The summed E-state index contributed by atoms with van der Waals surface area (Å²) in [6.45, 7) is 4.39. The first kappa shape index (κ1) is 28.3. The highest BCUT2D eigenvalue weighted by Gasteiger charge is 2.49. The van der Waals surface area contributed by atoms with Crippen molar-refractivity contribution >= 4 is 17.5 Å². The number of hydrogen-bond acceptors (Lipinski definition) is 6. The van der Waals surface area contributed by atoms with E-state index in [4.69, 9.17) is 4.98 Å². The Bertz CT molecular complexity index is 1570. The number of rotatable bonds is 8. The van der Waals surface area contributed by atoms with Crippen molar-refractivity contribution in [3.05, 3.63) is 64.2 Å². The molecule has 3 heterocycles. The van der Waals surface area contributed by atoms with Crippen molar-refractivity contribution in [3.63, 3.8) is 0 Å². The van der Waals surface area contributed by atoms with Gasteiger partial charge >= 0.3 is 6.18 Å². The first-order chi connectivity index (χ1) is 20.4. The third kappa shape index (κ3) is 4.89. The summed E-state index contributed by atoms with van der Waals surface area (Å²) in [5.41, 5.74) is 0.299. The molecule has 0 bridgehead atoms. The van der Waals surface area contributed by atoms with Crippen LogP contribution in [0, 0.1) is 5.92 Å². The molecule has 3 fully saturated rings. The summed E-state index contributed by atoms with van der Waals surface area (Å²) >= 11 is 0. The first-order valence-electron chi connectivity index (χ1n) is 15.4. The second-order valence-corrected chi connectivity index (χ2v) is 13.6. The van der Waals surface area contributed by atoms with Gasteiger partial charge in [-0.1, -0.05) is 6.92 Å². The molecule has 0 radical (unpaired) electrons. The number of hydrogen-bond donors (Lipinski definition) is 2. The number of benzene rings is 1. The molecule has 3 saturated carbocycles. The van der Waals surface area contributed by atoms with Crippen LogP contribution >= 0.6 is 0 Å². The molecule has 7 rings (SSSR count). The van der Waals surface area contributed by atoms with Crippen LogP contribution in [0.2, 0.25) is 0 Å². The van der Waals surface area contributed by atoms with E-state index in [1.807, 2.05) is 23.7 Å².